The van der Waals surface area contributed by atoms with Gasteiger partial charge in [-0.05, 0) is 73.5 Å². The van der Waals surface area contributed by atoms with Crippen LogP contribution in [0.3, 0.4) is 0 Å². The number of benzene rings is 11. The van der Waals surface area contributed by atoms with E-state index in [4.69, 9.17) is 13.8 Å². The molecule has 1 spiro atoms. The summed E-state index contributed by atoms with van der Waals surface area (Å²) >= 11 is 2.50. The van der Waals surface area contributed by atoms with Crippen LogP contribution in [-0.2, 0) is 41.0 Å². The van der Waals surface area contributed by atoms with E-state index in [9.17, 15) is 0 Å². The van der Waals surface area contributed by atoms with Crippen molar-refractivity contribution in [3.8, 4) is 84.3 Å². The van der Waals surface area contributed by atoms with Crippen LogP contribution in [0.1, 0.15) is 111 Å². The van der Waals surface area contributed by atoms with Gasteiger partial charge in [0.1, 0.15) is 0 Å². The second kappa shape index (κ2) is 21.2. The van der Waals surface area contributed by atoms with Gasteiger partial charge in [0.25, 0.3) is 0 Å². The number of fused-ring (bicyclic) bond motifs is 14. The fourth-order valence-electron chi connectivity index (χ4n) is 14.6. The van der Waals surface area contributed by atoms with Crippen LogP contribution in [-0.4, -0.2) is 18.7 Å². The molecule has 0 saturated heterocycles. The van der Waals surface area contributed by atoms with Crippen molar-refractivity contribution < 1.29 is 28.2 Å². The molecule has 5 nitrogen and oxygen atoms in total. The number of hydrogen-bond donors (Lipinski definition) is 0. The van der Waals surface area contributed by atoms with Crippen molar-refractivity contribution in [2.24, 2.45) is 0 Å². The topological polar surface area (TPSA) is 36.9 Å². The molecule has 0 saturated carbocycles. The molecule has 16 rings (SSSR count). The fraction of sp³-hybridized carbons (Fsp3) is 0.163. The van der Waals surface area contributed by atoms with E-state index in [0.717, 1.165) is 81.4 Å². The summed E-state index contributed by atoms with van der Waals surface area (Å²) in [5, 5.41) is 1.90. The van der Waals surface area contributed by atoms with E-state index in [-0.39, 0.29) is 21.8 Å². The number of imidazole rings is 1. The minimum Gasteiger partial charge on any atom is -0.0619 e. The van der Waals surface area contributed by atoms with Crippen LogP contribution in [0.15, 0.2) is 243 Å². The Kier molecular flexibility index (Phi) is 12.5. The van der Waals surface area contributed by atoms with E-state index in [2.05, 4.69) is 308 Å². The summed E-state index contributed by atoms with van der Waals surface area (Å²) in [6.45, 7) is 17.8. The van der Waals surface area contributed by atoms with Crippen LogP contribution < -0.4 is 4.74 Å². The van der Waals surface area contributed by atoms with Gasteiger partial charge in [0.2, 0.25) is 0 Å². The Morgan fingerprint density at radius 1 is 0.413 bits per heavy atom. The molecule has 3 heterocycles. The van der Waals surface area contributed by atoms with Crippen LogP contribution in [0.4, 0.5) is 0 Å². The minimum absolute atomic E-state index is 0.0784. The number of para-hydroxylation sites is 3. The predicted octanol–water partition coefficient (Wildman–Crippen LogP) is 21.9. The molecule has 6 heteroatoms. The Labute approximate surface area is 554 Å². The molecule has 0 N–H and O–H groups in total. The maximum atomic E-state index is 9.12. The molecule has 2 aliphatic rings. The van der Waals surface area contributed by atoms with Gasteiger partial charge in [0, 0.05) is 15.9 Å². The fourth-order valence-corrected chi connectivity index (χ4v) is 15.6. The van der Waals surface area contributed by atoms with Crippen LogP contribution in [0.2, 0.25) is 0 Å². The molecule has 0 aliphatic heterocycles. The van der Waals surface area contributed by atoms with E-state index in [1.807, 2.05) is 30.3 Å². The number of nitrogens with zero attached hydrogens (tertiary/aromatic N) is 4. The molecule has 0 unspecified atom stereocenters. The van der Waals surface area contributed by atoms with Crippen molar-refractivity contribution in [3.63, 3.8) is 0 Å². The summed E-state index contributed by atoms with van der Waals surface area (Å²) in [6.07, 6.45) is 1.74. The number of pyridine rings is 1. The number of ether oxygens (including phenoxy) is 1. The molecule has 92 heavy (non-hydrogen) atoms. The van der Waals surface area contributed by atoms with Gasteiger partial charge in [-0.1, -0.05) is 118 Å². The molecule has 3 aromatic heterocycles. The molecule has 14 aromatic rings. The molecule has 0 fully saturated rings. The van der Waals surface area contributed by atoms with Crippen LogP contribution in [0, 0.1) is 22.8 Å². The number of rotatable bonds is 8. The molecule has 0 amide bonds. The number of hydrogen-bond acceptors (Lipinski definition) is 2. The van der Waals surface area contributed by atoms with Crippen molar-refractivity contribution in [2.75, 3.05) is 0 Å². The quantitative estimate of drug-likeness (QED) is 0.142. The van der Waals surface area contributed by atoms with Gasteiger partial charge in [0.15, 0.2) is 0 Å². The molecular formula is C86H70N4OPt-2. The van der Waals surface area contributed by atoms with Crippen molar-refractivity contribution in [1.29, 1.82) is 0 Å². The van der Waals surface area contributed by atoms with Gasteiger partial charge < -0.3 is 0 Å². The Morgan fingerprint density at radius 3 is 1.59 bits per heavy atom. The van der Waals surface area contributed by atoms with E-state index >= 15 is 0 Å². The summed E-state index contributed by atoms with van der Waals surface area (Å²) in [7, 11) is 0. The average Bonchev–Trinajstić information content (AvgIpc) is 1.50. The Bertz CT molecular complexity index is 5450. The summed E-state index contributed by atoms with van der Waals surface area (Å²) in [5.74, 6) is 1.42. The number of aromatic nitrogens is 4. The summed E-state index contributed by atoms with van der Waals surface area (Å²) < 4.78 is 42.1. The summed E-state index contributed by atoms with van der Waals surface area (Å²) in [5.41, 5.74) is 24.1. The SMILES string of the molecule is [2H]C([2H])([2H])c1cc(-n2c3[c-]c(Oc4[c-]c(-n5[c](=[Pt])n(-c6c(-c7ccccc7)cccc6-c6cc(C(C)(C)C)cc(C(C)(C)C)c6)c6ccccc65)ccc4)ccc3c3cc4c(cc32)C2(c3ccccc3-c3ccccc32)c2ccccc2-4)ncc1-c1ccc(C(C)(C)C)cc1. The first kappa shape index (κ1) is 54.1. The second-order valence-corrected chi connectivity index (χ2v) is 28.9. The van der Waals surface area contributed by atoms with Crippen LogP contribution in [0.5, 0.6) is 11.5 Å². The molecule has 0 atom stereocenters. The van der Waals surface area contributed by atoms with Gasteiger partial charge in [0.05, 0.1) is 5.41 Å². The second-order valence-electron chi connectivity index (χ2n) is 27.9. The van der Waals surface area contributed by atoms with Crippen molar-refractivity contribution in [1.82, 2.24) is 18.7 Å². The molecule has 11 aromatic carbocycles. The van der Waals surface area contributed by atoms with E-state index in [1.54, 1.807) is 12.3 Å². The van der Waals surface area contributed by atoms with Gasteiger partial charge in [-0.25, -0.2) is 0 Å². The average molecular weight is 1370 g/mol. The predicted molar refractivity (Wildman–Crippen MR) is 376 cm³/mol. The monoisotopic (exact) mass is 1370 g/mol. The van der Waals surface area contributed by atoms with Gasteiger partial charge in [-0.15, -0.1) is 0 Å². The van der Waals surface area contributed by atoms with E-state index in [1.165, 1.54) is 50.1 Å². The van der Waals surface area contributed by atoms with Crippen molar-refractivity contribution in [3.05, 3.63) is 303 Å². The first-order chi connectivity index (χ1) is 45.6. The van der Waals surface area contributed by atoms with Crippen LogP contribution >= 0.6 is 0 Å². The molecule has 452 valence electrons. The number of aryl methyl sites for hydroxylation is 1. The third kappa shape index (κ3) is 9.05. The first-order valence-electron chi connectivity index (χ1n) is 33.3. The Hall–Kier alpha value is -9.67. The zero-order chi connectivity index (χ0) is 65.7. The summed E-state index contributed by atoms with van der Waals surface area (Å²) in [4.78, 5) is 5.27. The zero-order valence-corrected chi connectivity index (χ0v) is 55.4. The molecule has 0 bridgehead atoms. The third-order valence-electron chi connectivity index (χ3n) is 19.2. The normalized spacial score (nSPS) is 13.9. The molecule has 2 aliphatic carbocycles. The van der Waals surface area contributed by atoms with E-state index < -0.39 is 12.3 Å². The van der Waals surface area contributed by atoms with Gasteiger partial charge in [-0.3, -0.25) is 0 Å². The Balaban J connectivity index is 0.877. The third-order valence-corrected chi connectivity index (χ3v) is 20.2. The first-order valence-corrected chi connectivity index (χ1v) is 32.9. The zero-order valence-electron chi connectivity index (χ0n) is 56.1. The molecule has 0 radical (unpaired) electrons. The van der Waals surface area contributed by atoms with Crippen molar-refractivity contribution in [2.45, 2.75) is 90.8 Å². The standard InChI is InChI=1S/C86H70N4O.Pt/c1-54-44-81(87-52-72(54)56-38-40-58(41-39-56)83(2,3)4)90-79-49-63(42-43-69(79)71-50-70-68-30-16-19-35-75(68)86(76(70)51-80(71)90)73-33-17-14-28-66(73)67-29-15-18-34-74(67)86)91-62-27-22-26-61(48-62)88-53-89(78-37-21-20-36-77(78)88)82-64(55-24-12-11-13-25-55)31-23-32-65(82)57-45-59(84(5,6)7)47-60(46-57)85(8,9)10;/h11-47,50-52H,1-10H3;/q-2;/i1D3;. The minimum atomic E-state index is -2.48. The van der Waals surface area contributed by atoms with Crippen LogP contribution in [0.25, 0.3) is 106 Å². The maximum absolute atomic E-state index is 9.12. The Morgan fingerprint density at radius 2 is 0.957 bits per heavy atom. The van der Waals surface area contributed by atoms with Gasteiger partial charge in [-0.2, -0.15) is 0 Å². The summed E-state index contributed by atoms with van der Waals surface area (Å²) in [6, 6.07) is 92.0. The molecular weight excluding hydrogens is 1300 g/mol. The van der Waals surface area contributed by atoms with Gasteiger partial charge >= 0.3 is 346 Å². The van der Waals surface area contributed by atoms with Crippen molar-refractivity contribution >= 4 is 32.8 Å². The van der Waals surface area contributed by atoms with E-state index in [0.29, 0.717) is 28.4 Å². The smallest absolute Gasteiger partial charge is 0.0619 e.